The largest absolute Gasteiger partial charge is 0.365 e. The number of hydrogen-bond acceptors (Lipinski definition) is 3. The highest BCUT2D eigenvalue weighted by molar-refractivity contribution is 7.16. The van der Waals surface area contributed by atoms with Gasteiger partial charge in [0.25, 0.3) is 11.8 Å². The number of primary amides is 1. The van der Waals surface area contributed by atoms with E-state index in [0.717, 1.165) is 23.4 Å². The molecule has 0 unspecified atom stereocenters. The van der Waals surface area contributed by atoms with Gasteiger partial charge in [0.1, 0.15) is 0 Å². The fraction of sp³-hybridized carbons (Fsp3) is 0.200. The molecular weight excluding hydrogens is 272 g/mol. The van der Waals surface area contributed by atoms with Gasteiger partial charge >= 0.3 is 0 Å². The summed E-state index contributed by atoms with van der Waals surface area (Å²) in [5, 5.41) is 2.83. The van der Waals surface area contributed by atoms with Crippen LogP contribution in [-0.4, -0.2) is 11.8 Å². The zero-order valence-corrected chi connectivity index (χ0v) is 12.2. The Bertz CT molecular complexity index is 662. The lowest BCUT2D eigenvalue weighted by molar-refractivity contribution is 0.100. The van der Waals surface area contributed by atoms with Crippen molar-refractivity contribution < 1.29 is 9.59 Å². The third-order valence-electron chi connectivity index (χ3n) is 3.06. The van der Waals surface area contributed by atoms with Crippen LogP contribution in [0.25, 0.3) is 0 Å². The Kier molecular flexibility index (Phi) is 4.20. The minimum absolute atomic E-state index is 0.228. The lowest BCUT2D eigenvalue weighted by atomic mass is 10.1. The van der Waals surface area contributed by atoms with Crippen molar-refractivity contribution in [2.45, 2.75) is 20.3 Å². The SMILES string of the molecule is CCc1cc(NC(=O)c2ccc(C(N)=O)s2)ccc1C. The van der Waals surface area contributed by atoms with Crippen molar-refractivity contribution in [3.8, 4) is 0 Å². The number of nitrogens with one attached hydrogen (secondary N) is 1. The molecule has 1 aromatic carbocycles. The lowest BCUT2D eigenvalue weighted by Crippen LogP contribution is -2.11. The van der Waals surface area contributed by atoms with Gasteiger partial charge in [0.15, 0.2) is 0 Å². The molecular formula is C15H16N2O2S. The second-order valence-corrected chi connectivity index (χ2v) is 5.56. The van der Waals surface area contributed by atoms with Gasteiger partial charge in [-0.2, -0.15) is 0 Å². The standard InChI is InChI=1S/C15H16N2O2S/c1-3-10-8-11(5-4-9(10)2)17-15(19)13-7-6-12(20-13)14(16)18/h4-8H,3H2,1-2H3,(H2,16,18)(H,17,19). The third-order valence-corrected chi connectivity index (χ3v) is 4.16. The van der Waals surface area contributed by atoms with Gasteiger partial charge in [0, 0.05) is 5.69 Å². The molecule has 1 heterocycles. The normalized spacial score (nSPS) is 10.3. The van der Waals surface area contributed by atoms with Crippen LogP contribution in [0.1, 0.15) is 37.4 Å². The molecule has 104 valence electrons. The first-order chi connectivity index (χ1) is 9.51. The molecule has 4 nitrogen and oxygen atoms in total. The summed E-state index contributed by atoms with van der Waals surface area (Å²) < 4.78 is 0. The summed E-state index contributed by atoms with van der Waals surface area (Å²) in [5.41, 5.74) is 8.34. The van der Waals surface area contributed by atoms with Gasteiger partial charge in [-0.3, -0.25) is 9.59 Å². The molecule has 0 aliphatic heterocycles. The minimum atomic E-state index is -0.516. The van der Waals surface area contributed by atoms with Crippen LogP contribution in [-0.2, 0) is 6.42 Å². The van der Waals surface area contributed by atoms with E-state index < -0.39 is 5.91 Å². The molecule has 0 spiro atoms. The monoisotopic (exact) mass is 288 g/mol. The van der Waals surface area contributed by atoms with E-state index in [1.807, 2.05) is 25.1 Å². The first-order valence-electron chi connectivity index (χ1n) is 6.31. The Balaban J connectivity index is 2.16. The van der Waals surface area contributed by atoms with Gasteiger partial charge in [0.2, 0.25) is 0 Å². The molecule has 2 rings (SSSR count). The van der Waals surface area contributed by atoms with E-state index in [1.54, 1.807) is 12.1 Å². The van der Waals surface area contributed by atoms with E-state index in [4.69, 9.17) is 5.73 Å². The number of rotatable bonds is 4. The Labute approximate surface area is 121 Å². The highest BCUT2D eigenvalue weighted by Gasteiger charge is 2.12. The summed E-state index contributed by atoms with van der Waals surface area (Å²) in [6.45, 7) is 4.12. The van der Waals surface area contributed by atoms with Crippen molar-refractivity contribution in [2.75, 3.05) is 5.32 Å². The van der Waals surface area contributed by atoms with Crippen LogP contribution >= 0.6 is 11.3 Å². The Morgan fingerprint density at radius 2 is 1.90 bits per heavy atom. The van der Waals surface area contributed by atoms with Crippen molar-refractivity contribution in [2.24, 2.45) is 5.73 Å². The van der Waals surface area contributed by atoms with Gasteiger partial charge < -0.3 is 11.1 Å². The van der Waals surface area contributed by atoms with E-state index >= 15 is 0 Å². The van der Waals surface area contributed by atoms with Crippen LogP contribution in [0.15, 0.2) is 30.3 Å². The summed E-state index contributed by atoms with van der Waals surface area (Å²) in [5.74, 6) is -0.744. The molecule has 1 aromatic heterocycles. The van der Waals surface area contributed by atoms with Gasteiger partial charge in [-0.05, 0) is 48.7 Å². The van der Waals surface area contributed by atoms with Gasteiger partial charge in [-0.1, -0.05) is 13.0 Å². The highest BCUT2D eigenvalue weighted by Crippen LogP contribution is 2.20. The molecule has 0 aliphatic rings. The molecule has 0 radical (unpaired) electrons. The van der Waals surface area contributed by atoms with Crippen molar-refractivity contribution in [3.63, 3.8) is 0 Å². The number of amides is 2. The van der Waals surface area contributed by atoms with E-state index in [9.17, 15) is 9.59 Å². The van der Waals surface area contributed by atoms with Crippen LogP contribution in [0.4, 0.5) is 5.69 Å². The van der Waals surface area contributed by atoms with Gasteiger partial charge in [-0.15, -0.1) is 11.3 Å². The molecule has 2 aromatic rings. The summed E-state index contributed by atoms with van der Waals surface area (Å²) in [6, 6.07) is 8.99. The van der Waals surface area contributed by atoms with Gasteiger partial charge in [0.05, 0.1) is 9.75 Å². The second kappa shape index (κ2) is 5.88. The number of nitrogens with two attached hydrogens (primary N) is 1. The number of thiophene rings is 1. The van der Waals surface area contributed by atoms with Crippen molar-refractivity contribution in [1.82, 2.24) is 0 Å². The Morgan fingerprint density at radius 1 is 1.20 bits per heavy atom. The fourth-order valence-electron chi connectivity index (χ4n) is 1.92. The summed E-state index contributed by atoms with van der Waals surface area (Å²) in [4.78, 5) is 24.0. The first kappa shape index (κ1) is 14.3. The first-order valence-corrected chi connectivity index (χ1v) is 7.13. The molecule has 0 atom stereocenters. The second-order valence-electron chi connectivity index (χ2n) is 4.48. The smallest absolute Gasteiger partial charge is 0.265 e. The third kappa shape index (κ3) is 3.05. The molecule has 0 saturated heterocycles. The number of carbonyl (C=O) groups excluding carboxylic acids is 2. The number of hydrogen-bond donors (Lipinski definition) is 2. The van der Waals surface area contributed by atoms with Crippen molar-refractivity contribution in [1.29, 1.82) is 0 Å². The summed E-state index contributed by atoms with van der Waals surface area (Å²) in [7, 11) is 0. The van der Waals surface area contributed by atoms with E-state index in [1.165, 1.54) is 11.1 Å². The minimum Gasteiger partial charge on any atom is -0.365 e. The van der Waals surface area contributed by atoms with Crippen LogP contribution < -0.4 is 11.1 Å². The van der Waals surface area contributed by atoms with E-state index in [2.05, 4.69) is 12.2 Å². The lowest BCUT2D eigenvalue weighted by Gasteiger charge is -2.08. The van der Waals surface area contributed by atoms with Crippen molar-refractivity contribution in [3.05, 3.63) is 51.2 Å². The average Bonchev–Trinajstić information content (AvgIpc) is 2.91. The number of aryl methyl sites for hydroxylation is 2. The molecule has 0 bridgehead atoms. The number of anilines is 1. The fourth-order valence-corrected chi connectivity index (χ4v) is 2.67. The Hall–Kier alpha value is -2.14. The Morgan fingerprint density at radius 3 is 2.50 bits per heavy atom. The topological polar surface area (TPSA) is 72.2 Å². The molecule has 0 saturated carbocycles. The molecule has 0 fully saturated rings. The zero-order valence-electron chi connectivity index (χ0n) is 11.4. The molecule has 0 aliphatic carbocycles. The quantitative estimate of drug-likeness (QED) is 0.907. The summed E-state index contributed by atoms with van der Waals surface area (Å²) >= 11 is 1.09. The van der Waals surface area contributed by atoms with E-state index in [0.29, 0.717) is 9.75 Å². The average molecular weight is 288 g/mol. The zero-order chi connectivity index (χ0) is 14.7. The summed E-state index contributed by atoms with van der Waals surface area (Å²) in [6.07, 6.45) is 0.917. The van der Waals surface area contributed by atoms with Gasteiger partial charge in [-0.25, -0.2) is 0 Å². The maximum atomic E-state index is 12.1. The molecule has 3 N–H and O–H groups in total. The van der Waals surface area contributed by atoms with Crippen LogP contribution in [0.3, 0.4) is 0 Å². The number of carbonyl (C=O) groups is 2. The maximum absolute atomic E-state index is 12.1. The predicted octanol–water partition coefficient (Wildman–Crippen LogP) is 2.97. The number of benzene rings is 1. The van der Waals surface area contributed by atoms with Crippen LogP contribution in [0.2, 0.25) is 0 Å². The highest BCUT2D eigenvalue weighted by atomic mass is 32.1. The molecule has 20 heavy (non-hydrogen) atoms. The van der Waals surface area contributed by atoms with E-state index in [-0.39, 0.29) is 5.91 Å². The van der Waals surface area contributed by atoms with Crippen LogP contribution in [0.5, 0.6) is 0 Å². The molecule has 2 amide bonds. The molecule has 5 heteroatoms. The predicted molar refractivity (Wildman–Crippen MR) is 81.3 cm³/mol. The maximum Gasteiger partial charge on any atom is 0.265 e. The van der Waals surface area contributed by atoms with Crippen LogP contribution in [0, 0.1) is 6.92 Å². The van der Waals surface area contributed by atoms with Crippen molar-refractivity contribution >= 4 is 28.8 Å².